The highest BCUT2D eigenvalue weighted by Gasteiger charge is 2.23. The molecule has 2 atom stereocenters. The average Bonchev–Trinajstić information content (AvgIpc) is 3.33. The zero-order valence-electron chi connectivity index (χ0n) is 13.1. The van der Waals surface area contributed by atoms with Crippen molar-refractivity contribution in [3.8, 4) is 23.2 Å². The van der Waals surface area contributed by atoms with Crippen molar-refractivity contribution in [3.05, 3.63) is 37.0 Å². The predicted molar refractivity (Wildman–Crippen MR) is 82.6 cm³/mol. The lowest BCUT2D eigenvalue weighted by Gasteiger charge is -2.14. The molecule has 3 aromatic heterocycles. The van der Waals surface area contributed by atoms with Crippen LogP contribution in [0.15, 0.2) is 38.6 Å². The summed E-state index contributed by atoms with van der Waals surface area (Å²) in [6.07, 6.45) is 6.05. The molecular weight excluding hydrogens is 314 g/mol. The van der Waals surface area contributed by atoms with Gasteiger partial charge in [-0.1, -0.05) is 13.5 Å². The fourth-order valence-corrected chi connectivity index (χ4v) is 2.18. The number of ether oxygens (including phenoxy) is 1. The van der Waals surface area contributed by atoms with Crippen LogP contribution < -0.4 is 0 Å². The van der Waals surface area contributed by atoms with E-state index >= 15 is 0 Å². The molecule has 0 saturated heterocycles. The number of oxazole rings is 3. The molecule has 0 spiro atoms. The van der Waals surface area contributed by atoms with E-state index in [-0.39, 0.29) is 17.7 Å². The Morgan fingerprint density at radius 2 is 1.75 bits per heavy atom. The molecule has 0 aliphatic heterocycles. The van der Waals surface area contributed by atoms with Gasteiger partial charge in [0.1, 0.15) is 36.9 Å². The number of hydrogen-bond acceptors (Lipinski definition) is 8. The van der Waals surface area contributed by atoms with Crippen LogP contribution in [0.4, 0.5) is 0 Å². The molecule has 0 radical (unpaired) electrons. The van der Waals surface area contributed by atoms with E-state index in [0.717, 1.165) is 6.29 Å². The van der Waals surface area contributed by atoms with Gasteiger partial charge in [0.05, 0.1) is 0 Å². The normalized spacial score (nSPS) is 13.6. The van der Waals surface area contributed by atoms with E-state index in [0.29, 0.717) is 23.0 Å². The van der Waals surface area contributed by atoms with Gasteiger partial charge in [-0.2, -0.15) is 0 Å². The Balaban J connectivity index is 1.85. The lowest BCUT2D eigenvalue weighted by molar-refractivity contribution is -0.114. The minimum Gasteiger partial charge on any atom is -0.444 e. The molecule has 24 heavy (non-hydrogen) atoms. The quantitative estimate of drug-likeness (QED) is 0.609. The standard InChI is InChI=1S/C16H15N3O5/c1-4-13-17-11(7-22-13)15-19-12(8-24-15)16-18-10(6-23-16)14(21-3)9(2)5-20/h4-9,14H,1H2,2-3H3/t9-,14-/m0/s1. The van der Waals surface area contributed by atoms with Crippen molar-refractivity contribution < 1.29 is 22.8 Å². The Morgan fingerprint density at radius 3 is 2.42 bits per heavy atom. The van der Waals surface area contributed by atoms with Gasteiger partial charge in [-0.25, -0.2) is 15.0 Å². The van der Waals surface area contributed by atoms with Crippen molar-refractivity contribution in [3.63, 3.8) is 0 Å². The van der Waals surface area contributed by atoms with Crippen LogP contribution in [-0.2, 0) is 9.53 Å². The highest BCUT2D eigenvalue weighted by Crippen LogP contribution is 2.28. The van der Waals surface area contributed by atoms with E-state index in [2.05, 4.69) is 21.5 Å². The van der Waals surface area contributed by atoms with Crippen molar-refractivity contribution in [1.82, 2.24) is 15.0 Å². The van der Waals surface area contributed by atoms with Crippen LogP contribution in [0.2, 0.25) is 0 Å². The molecule has 0 aromatic carbocycles. The molecular formula is C16H15N3O5. The number of rotatable bonds is 7. The van der Waals surface area contributed by atoms with Crippen LogP contribution in [0.3, 0.4) is 0 Å². The maximum atomic E-state index is 11.0. The number of methoxy groups -OCH3 is 1. The third kappa shape index (κ3) is 2.91. The Bertz CT molecular complexity index is 847. The largest absolute Gasteiger partial charge is 0.444 e. The van der Waals surface area contributed by atoms with Crippen LogP contribution in [0.5, 0.6) is 0 Å². The average molecular weight is 329 g/mol. The summed E-state index contributed by atoms with van der Waals surface area (Å²) < 4.78 is 21.2. The highest BCUT2D eigenvalue weighted by atomic mass is 16.5. The molecule has 8 heteroatoms. The molecule has 0 unspecified atom stereocenters. The molecule has 0 bridgehead atoms. The van der Waals surface area contributed by atoms with Gasteiger partial charge in [0, 0.05) is 13.0 Å². The lowest BCUT2D eigenvalue weighted by atomic mass is 10.0. The van der Waals surface area contributed by atoms with Crippen molar-refractivity contribution in [2.24, 2.45) is 5.92 Å². The van der Waals surface area contributed by atoms with Crippen molar-refractivity contribution >= 4 is 12.4 Å². The van der Waals surface area contributed by atoms with Crippen LogP contribution >= 0.6 is 0 Å². The first-order chi connectivity index (χ1) is 11.7. The summed E-state index contributed by atoms with van der Waals surface area (Å²) in [5, 5.41) is 0. The molecule has 3 aromatic rings. The first-order valence-corrected chi connectivity index (χ1v) is 7.14. The second kappa shape index (κ2) is 6.63. The molecule has 3 rings (SSSR count). The van der Waals surface area contributed by atoms with E-state index in [1.807, 2.05) is 0 Å². The van der Waals surface area contributed by atoms with Crippen molar-refractivity contribution in [1.29, 1.82) is 0 Å². The number of nitrogens with zero attached hydrogens (tertiary/aromatic N) is 3. The Hall–Kier alpha value is -3.00. The SMILES string of the molecule is C=Cc1nc(-c2nc(-c3nc([C@@H](OC)[C@@H](C)C=O)co3)co2)co1. The Labute approximate surface area is 137 Å². The molecule has 0 aliphatic rings. The Kier molecular flexibility index (Phi) is 4.39. The fraction of sp³-hybridized carbons (Fsp3) is 0.250. The summed E-state index contributed by atoms with van der Waals surface area (Å²) in [5.41, 5.74) is 1.34. The van der Waals surface area contributed by atoms with Crippen LogP contribution in [0.25, 0.3) is 29.2 Å². The molecule has 124 valence electrons. The summed E-state index contributed by atoms with van der Waals surface area (Å²) in [7, 11) is 1.51. The van der Waals surface area contributed by atoms with E-state index in [9.17, 15) is 4.79 Å². The van der Waals surface area contributed by atoms with Gasteiger partial charge in [-0.3, -0.25) is 0 Å². The summed E-state index contributed by atoms with van der Waals surface area (Å²) in [6, 6.07) is 0. The minimum atomic E-state index is -0.489. The summed E-state index contributed by atoms with van der Waals surface area (Å²) in [4.78, 5) is 23.7. The van der Waals surface area contributed by atoms with Gasteiger partial charge in [0.2, 0.25) is 17.7 Å². The first-order valence-electron chi connectivity index (χ1n) is 7.14. The number of aromatic nitrogens is 3. The molecule has 8 nitrogen and oxygen atoms in total. The zero-order valence-corrected chi connectivity index (χ0v) is 13.1. The Morgan fingerprint density at radius 1 is 1.08 bits per heavy atom. The fourth-order valence-electron chi connectivity index (χ4n) is 2.18. The zero-order chi connectivity index (χ0) is 17.1. The van der Waals surface area contributed by atoms with Gasteiger partial charge in [-0.15, -0.1) is 0 Å². The number of carbonyl (C=O) groups is 1. The number of hydrogen-bond donors (Lipinski definition) is 0. The number of carbonyl (C=O) groups excluding carboxylic acids is 1. The maximum absolute atomic E-state index is 11.0. The molecule has 0 fully saturated rings. The number of aldehydes is 1. The first kappa shape index (κ1) is 15.9. The van der Waals surface area contributed by atoms with E-state index in [1.165, 1.54) is 32.0 Å². The molecule has 0 N–H and O–H groups in total. The second-order valence-electron chi connectivity index (χ2n) is 5.04. The van der Waals surface area contributed by atoms with Gasteiger partial charge < -0.3 is 22.8 Å². The molecule has 0 aliphatic carbocycles. The highest BCUT2D eigenvalue weighted by molar-refractivity contribution is 5.56. The van der Waals surface area contributed by atoms with Crippen LogP contribution in [-0.4, -0.2) is 28.3 Å². The maximum Gasteiger partial charge on any atom is 0.249 e. The monoisotopic (exact) mass is 329 g/mol. The molecule has 0 amide bonds. The lowest BCUT2D eigenvalue weighted by Crippen LogP contribution is -2.13. The summed E-state index contributed by atoms with van der Waals surface area (Å²) >= 11 is 0. The predicted octanol–water partition coefficient (Wildman–Crippen LogP) is 3.15. The van der Waals surface area contributed by atoms with Gasteiger partial charge in [0.25, 0.3) is 0 Å². The minimum absolute atomic E-state index is 0.257. The van der Waals surface area contributed by atoms with Gasteiger partial charge in [-0.05, 0) is 6.08 Å². The van der Waals surface area contributed by atoms with E-state index < -0.39 is 6.10 Å². The van der Waals surface area contributed by atoms with Crippen LogP contribution in [0, 0.1) is 5.92 Å². The van der Waals surface area contributed by atoms with E-state index in [4.69, 9.17) is 18.0 Å². The molecule has 3 heterocycles. The second-order valence-corrected chi connectivity index (χ2v) is 5.04. The van der Waals surface area contributed by atoms with Crippen LogP contribution in [0.1, 0.15) is 24.6 Å². The van der Waals surface area contributed by atoms with E-state index in [1.54, 1.807) is 6.92 Å². The van der Waals surface area contributed by atoms with Crippen molar-refractivity contribution in [2.75, 3.05) is 7.11 Å². The van der Waals surface area contributed by atoms with Gasteiger partial charge >= 0.3 is 0 Å². The third-order valence-corrected chi connectivity index (χ3v) is 3.40. The summed E-state index contributed by atoms with van der Waals surface area (Å²) in [5.74, 6) is 0.543. The third-order valence-electron chi connectivity index (χ3n) is 3.40. The smallest absolute Gasteiger partial charge is 0.249 e. The molecule has 0 saturated carbocycles. The topological polar surface area (TPSA) is 104 Å². The van der Waals surface area contributed by atoms with Crippen molar-refractivity contribution in [2.45, 2.75) is 13.0 Å². The van der Waals surface area contributed by atoms with Gasteiger partial charge in [0.15, 0.2) is 11.4 Å². The summed E-state index contributed by atoms with van der Waals surface area (Å²) in [6.45, 7) is 5.31.